The number of halogens is 3. The Hall–Kier alpha value is -1.80. The van der Waals surface area contributed by atoms with Gasteiger partial charge in [-0.1, -0.05) is 10.3 Å². The average molecular weight is 214 g/mol. The van der Waals surface area contributed by atoms with E-state index >= 15 is 0 Å². The zero-order valence-electron chi connectivity index (χ0n) is 6.49. The maximum absolute atomic E-state index is 11.7. The van der Waals surface area contributed by atoms with E-state index in [1.54, 1.807) is 0 Å². The van der Waals surface area contributed by atoms with Crippen LogP contribution in [0, 0.1) is 0 Å². The first-order valence-electron chi connectivity index (χ1n) is 3.05. The van der Waals surface area contributed by atoms with Crippen molar-refractivity contribution < 1.29 is 33.5 Å². The number of aliphatic carboxylic acids is 1. The maximum atomic E-state index is 11.7. The molecule has 0 aliphatic heterocycles. The van der Waals surface area contributed by atoms with Gasteiger partial charge in [0, 0.05) is 0 Å². The Balaban J connectivity index is 4.84. The van der Waals surface area contributed by atoms with Crippen molar-refractivity contribution in [2.75, 3.05) is 0 Å². The first kappa shape index (κ1) is 12.2. The lowest BCUT2D eigenvalue weighted by Gasteiger charge is -2.06. The van der Waals surface area contributed by atoms with Crippen LogP contribution < -0.4 is 0 Å². The van der Waals surface area contributed by atoms with Crippen LogP contribution in [0.4, 0.5) is 13.2 Å². The molecule has 80 valence electrons. The number of carbonyl (C=O) groups is 1. The summed E-state index contributed by atoms with van der Waals surface area (Å²) in [5.74, 6) is -1.93. The Kier molecular flexibility index (Phi) is 3.87. The van der Waals surface area contributed by atoms with Crippen LogP contribution in [0.2, 0.25) is 0 Å². The van der Waals surface area contributed by atoms with E-state index in [1.807, 2.05) is 0 Å². The molecule has 0 aliphatic rings. The highest BCUT2D eigenvalue weighted by molar-refractivity contribution is 6.65. The molecule has 0 spiro atoms. The van der Waals surface area contributed by atoms with Gasteiger partial charge in [0.1, 0.15) is 5.71 Å². The van der Waals surface area contributed by atoms with Gasteiger partial charge in [-0.15, -0.1) is 0 Å². The minimum Gasteiger partial charge on any atom is -0.476 e. The smallest absolute Gasteiger partial charge is 0.394 e. The number of alkyl halides is 3. The van der Waals surface area contributed by atoms with Gasteiger partial charge in [-0.25, -0.2) is 4.79 Å². The lowest BCUT2D eigenvalue weighted by Crippen LogP contribution is -2.28. The SMILES string of the molecule is O=C(O)C(=N\O)/C(CC(F)(F)F)=N/O. The van der Waals surface area contributed by atoms with Crippen molar-refractivity contribution in [3.05, 3.63) is 0 Å². The number of carboxylic acids is 1. The van der Waals surface area contributed by atoms with E-state index in [0.29, 0.717) is 0 Å². The fraction of sp³-hybridized carbons (Fsp3) is 0.400. The van der Waals surface area contributed by atoms with Crippen LogP contribution in [0.25, 0.3) is 0 Å². The van der Waals surface area contributed by atoms with Crippen molar-refractivity contribution in [3.63, 3.8) is 0 Å². The van der Waals surface area contributed by atoms with Gasteiger partial charge in [-0.3, -0.25) is 0 Å². The molecule has 0 aromatic heterocycles. The first-order valence-corrected chi connectivity index (χ1v) is 3.05. The highest BCUT2D eigenvalue weighted by atomic mass is 19.4. The molecule has 0 heterocycles. The molecule has 0 amide bonds. The van der Waals surface area contributed by atoms with E-state index in [-0.39, 0.29) is 0 Å². The second-order valence-electron chi connectivity index (χ2n) is 2.09. The Morgan fingerprint density at radius 2 is 1.71 bits per heavy atom. The molecule has 0 saturated heterocycles. The minimum absolute atomic E-state index is 1.27. The molecule has 6 nitrogen and oxygen atoms in total. The lowest BCUT2D eigenvalue weighted by molar-refractivity contribution is -0.129. The summed E-state index contributed by atoms with van der Waals surface area (Å²) in [5.41, 5.74) is -2.63. The Morgan fingerprint density at radius 1 is 1.21 bits per heavy atom. The van der Waals surface area contributed by atoms with Crippen molar-refractivity contribution in [3.8, 4) is 0 Å². The summed E-state index contributed by atoms with van der Waals surface area (Å²) in [5, 5.41) is 28.5. The van der Waals surface area contributed by atoms with E-state index in [0.717, 1.165) is 0 Å². The van der Waals surface area contributed by atoms with Gasteiger partial charge in [0.15, 0.2) is 0 Å². The largest absolute Gasteiger partial charge is 0.476 e. The summed E-state index contributed by atoms with van der Waals surface area (Å²) in [6.45, 7) is 0. The number of carboxylic acid groups (broad SMARTS) is 1. The van der Waals surface area contributed by atoms with Crippen LogP contribution in [0.3, 0.4) is 0 Å². The second kappa shape index (κ2) is 4.44. The van der Waals surface area contributed by atoms with Gasteiger partial charge < -0.3 is 15.5 Å². The molecular formula is C5H5F3N2O4. The molecule has 0 bridgehead atoms. The topological polar surface area (TPSA) is 102 Å². The third-order valence-electron chi connectivity index (χ3n) is 1.06. The number of hydrogen-bond acceptors (Lipinski definition) is 5. The summed E-state index contributed by atoms with van der Waals surface area (Å²) in [6, 6.07) is 0. The van der Waals surface area contributed by atoms with Crippen molar-refractivity contribution >= 4 is 17.4 Å². The molecule has 0 radical (unpaired) electrons. The molecule has 9 heteroatoms. The monoisotopic (exact) mass is 214 g/mol. The predicted octanol–water partition coefficient (Wildman–Crippen LogP) is 0.684. The molecule has 14 heavy (non-hydrogen) atoms. The van der Waals surface area contributed by atoms with E-state index < -0.39 is 30.0 Å². The normalized spacial score (nSPS) is 14.2. The standard InChI is InChI=1S/C5H5F3N2O4/c6-5(7,8)1-2(9-13)3(10-14)4(11)12/h13-14H,1H2,(H,11,12)/b9-2+,10-3-. The fourth-order valence-electron chi connectivity index (χ4n) is 0.580. The zero-order valence-corrected chi connectivity index (χ0v) is 6.49. The molecule has 0 saturated carbocycles. The third-order valence-corrected chi connectivity index (χ3v) is 1.06. The summed E-state index contributed by atoms with van der Waals surface area (Å²) in [6.07, 6.45) is -6.55. The van der Waals surface area contributed by atoms with Gasteiger partial charge in [-0.2, -0.15) is 13.2 Å². The molecule has 0 aliphatic carbocycles. The number of rotatable bonds is 3. The van der Waals surface area contributed by atoms with Crippen LogP contribution in [0.15, 0.2) is 10.3 Å². The minimum atomic E-state index is -4.76. The van der Waals surface area contributed by atoms with Crippen LogP contribution >= 0.6 is 0 Å². The van der Waals surface area contributed by atoms with Crippen molar-refractivity contribution in [2.45, 2.75) is 12.6 Å². The predicted molar refractivity (Wildman–Crippen MR) is 36.8 cm³/mol. The van der Waals surface area contributed by atoms with E-state index in [4.69, 9.17) is 15.5 Å². The van der Waals surface area contributed by atoms with E-state index in [2.05, 4.69) is 10.3 Å². The van der Waals surface area contributed by atoms with Gasteiger partial charge in [-0.05, 0) is 0 Å². The van der Waals surface area contributed by atoms with Gasteiger partial charge in [0.2, 0.25) is 5.71 Å². The number of hydrogen-bond donors (Lipinski definition) is 3. The first-order chi connectivity index (χ1) is 6.31. The molecule has 0 aromatic rings. The Morgan fingerprint density at radius 3 is 1.93 bits per heavy atom. The summed E-state index contributed by atoms with van der Waals surface area (Å²) in [4.78, 5) is 10.2. The highest BCUT2D eigenvalue weighted by Gasteiger charge is 2.34. The maximum Gasteiger partial charge on any atom is 0.394 e. The van der Waals surface area contributed by atoms with Crippen LogP contribution in [0.5, 0.6) is 0 Å². The van der Waals surface area contributed by atoms with Crippen molar-refractivity contribution in [1.29, 1.82) is 0 Å². The second-order valence-corrected chi connectivity index (χ2v) is 2.09. The summed E-state index contributed by atoms with van der Waals surface area (Å²) >= 11 is 0. The Bertz CT molecular complexity index is 283. The average Bonchev–Trinajstić information content (AvgIpc) is 2.00. The number of oxime groups is 2. The molecule has 0 aromatic carbocycles. The van der Waals surface area contributed by atoms with Gasteiger partial charge >= 0.3 is 12.1 Å². The summed E-state index contributed by atoms with van der Waals surface area (Å²) in [7, 11) is 0. The lowest BCUT2D eigenvalue weighted by atomic mass is 10.1. The van der Waals surface area contributed by atoms with E-state index in [1.165, 1.54) is 0 Å². The molecule has 0 unspecified atom stereocenters. The van der Waals surface area contributed by atoms with Crippen molar-refractivity contribution in [1.82, 2.24) is 0 Å². The molecule has 0 fully saturated rings. The van der Waals surface area contributed by atoms with Crippen LogP contribution in [-0.2, 0) is 4.79 Å². The zero-order chi connectivity index (χ0) is 11.4. The molecule has 3 N–H and O–H groups in total. The van der Waals surface area contributed by atoms with E-state index in [9.17, 15) is 18.0 Å². The molecule has 0 rings (SSSR count). The Labute approximate surface area is 74.9 Å². The van der Waals surface area contributed by atoms with Crippen LogP contribution in [0.1, 0.15) is 6.42 Å². The highest BCUT2D eigenvalue weighted by Crippen LogP contribution is 2.20. The molecule has 0 atom stereocenters. The summed E-state index contributed by atoms with van der Waals surface area (Å²) < 4.78 is 35.2. The van der Waals surface area contributed by atoms with Gasteiger partial charge in [0.25, 0.3) is 0 Å². The third kappa shape index (κ3) is 3.74. The number of nitrogens with zero attached hydrogens (tertiary/aromatic N) is 2. The van der Waals surface area contributed by atoms with Gasteiger partial charge in [0.05, 0.1) is 6.42 Å². The quantitative estimate of drug-likeness (QED) is 0.365. The molecular weight excluding hydrogens is 209 g/mol. The van der Waals surface area contributed by atoms with Crippen LogP contribution in [-0.4, -0.2) is 39.1 Å². The fourth-order valence-corrected chi connectivity index (χ4v) is 0.580. The van der Waals surface area contributed by atoms with Crippen molar-refractivity contribution in [2.24, 2.45) is 10.3 Å².